The summed E-state index contributed by atoms with van der Waals surface area (Å²) in [5.41, 5.74) is 0. The molecule has 1 aliphatic rings. The van der Waals surface area contributed by atoms with Crippen molar-refractivity contribution in [2.24, 2.45) is 0 Å². The Kier molecular flexibility index (Phi) is 5.33. The van der Waals surface area contributed by atoms with Crippen LogP contribution in [0.3, 0.4) is 0 Å². The molecule has 0 radical (unpaired) electrons. The molecule has 1 fully saturated rings. The highest BCUT2D eigenvalue weighted by atomic mass is 19.3. The lowest BCUT2D eigenvalue weighted by molar-refractivity contribution is 0.0838. The number of hydrogen-bond acceptors (Lipinski definition) is 2. The molecule has 1 aliphatic heterocycles. The first kappa shape index (κ1) is 11.9. The van der Waals surface area contributed by atoms with Crippen LogP contribution in [0.4, 0.5) is 8.78 Å². The van der Waals surface area contributed by atoms with E-state index >= 15 is 0 Å². The van der Waals surface area contributed by atoms with E-state index in [1.807, 2.05) is 11.8 Å². The second kappa shape index (κ2) is 6.30. The van der Waals surface area contributed by atoms with Crippen LogP contribution in [-0.2, 0) is 0 Å². The SMILES string of the molecule is CCN(CC(F)F)CC1CCCCN1. The molecule has 1 N–H and O–H groups in total. The summed E-state index contributed by atoms with van der Waals surface area (Å²) in [6.07, 6.45) is 1.36. The zero-order chi connectivity index (χ0) is 10.4. The van der Waals surface area contributed by atoms with Gasteiger partial charge in [0.2, 0.25) is 0 Å². The minimum atomic E-state index is -2.21. The number of halogens is 2. The molecule has 0 aromatic carbocycles. The van der Waals surface area contributed by atoms with E-state index in [1.165, 1.54) is 12.8 Å². The molecule has 1 rings (SSSR count). The molecule has 1 atom stereocenters. The molecule has 1 saturated heterocycles. The molecule has 0 aromatic rings. The fourth-order valence-corrected chi connectivity index (χ4v) is 1.92. The van der Waals surface area contributed by atoms with E-state index in [1.54, 1.807) is 0 Å². The van der Waals surface area contributed by atoms with Crippen LogP contribution in [0.1, 0.15) is 26.2 Å². The molecule has 4 heteroatoms. The van der Waals surface area contributed by atoms with E-state index in [0.717, 1.165) is 19.5 Å². The fraction of sp³-hybridized carbons (Fsp3) is 1.00. The van der Waals surface area contributed by atoms with Crippen molar-refractivity contribution in [2.75, 3.05) is 26.2 Å². The smallest absolute Gasteiger partial charge is 0.251 e. The molecule has 14 heavy (non-hydrogen) atoms. The Morgan fingerprint density at radius 1 is 1.43 bits per heavy atom. The zero-order valence-electron chi connectivity index (χ0n) is 8.81. The van der Waals surface area contributed by atoms with E-state index in [4.69, 9.17) is 0 Å². The van der Waals surface area contributed by atoms with Gasteiger partial charge in [0.05, 0.1) is 6.54 Å². The average Bonchev–Trinajstić information content (AvgIpc) is 2.17. The van der Waals surface area contributed by atoms with Crippen molar-refractivity contribution in [3.05, 3.63) is 0 Å². The van der Waals surface area contributed by atoms with Gasteiger partial charge in [-0.15, -0.1) is 0 Å². The predicted molar refractivity (Wildman–Crippen MR) is 53.8 cm³/mol. The minimum Gasteiger partial charge on any atom is -0.313 e. The van der Waals surface area contributed by atoms with Gasteiger partial charge < -0.3 is 5.32 Å². The number of piperidine rings is 1. The maximum absolute atomic E-state index is 12.2. The largest absolute Gasteiger partial charge is 0.313 e. The van der Waals surface area contributed by atoms with Gasteiger partial charge in [0.1, 0.15) is 0 Å². The highest BCUT2D eigenvalue weighted by molar-refractivity contribution is 4.75. The van der Waals surface area contributed by atoms with Gasteiger partial charge in [0.25, 0.3) is 6.43 Å². The molecule has 0 aliphatic carbocycles. The minimum absolute atomic E-state index is 0.0886. The summed E-state index contributed by atoms with van der Waals surface area (Å²) in [7, 11) is 0. The molecule has 0 amide bonds. The first-order valence-electron chi connectivity index (χ1n) is 5.46. The standard InChI is InChI=1S/C10H20F2N2/c1-2-14(8-10(11)12)7-9-5-3-4-6-13-9/h9-10,13H,2-8H2,1H3. The van der Waals surface area contributed by atoms with Crippen LogP contribution in [0.25, 0.3) is 0 Å². The van der Waals surface area contributed by atoms with Crippen molar-refractivity contribution in [1.82, 2.24) is 10.2 Å². The molecule has 2 nitrogen and oxygen atoms in total. The van der Waals surface area contributed by atoms with E-state index in [0.29, 0.717) is 12.6 Å². The number of nitrogens with one attached hydrogen (secondary N) is 1. The molecule has 0 aromatic heterocycles. The summed E-state index contributed by atoms with van der Waals surface area (Å²) < 4.78 is 24.3. The lowest BCUT2D eigenvalue weighted by atomic mass is 10.0. The fourth-order valence-electron chi connectivity index (χ4n) is 1.92. The van der Waals surface area contributed by atoms with Gasteiger partial charge in [-0.1, -0.05) is 13.3 Å². The first-order chi connectivity index (χ1) is 6.72. The summed E-state index contributed by atoms with van der Waals surface area (Å²) >= 11 is 0. The average molecular weight is 206 g/mol. The van der Waals surface area contributed by atoms with E-state index in [2.05, 4.69) is 5.32 Å². The van der Waals surface area contributed by atoms with Crippen LogP contribution in [0.5, 0.6) is 0 Å². The van der Waals surface area contributed by atoms with E-state index in [9.17, 15) is 8.78 Å². The number of rotatable bonds is 5. The Balaban J connectivity index is 2.23. The normalized spacial score (nSPS) is 23.4. The van der Waals surface area contributed by atoms with Crippen LogP contribution >= 0.6 is 0 Å². The zero-order valence-corrected chi connectivity index (χ0v) is 8.81. The molecule has 0 spiro atoms. The van der Waals surface area contributed by atoms with Crippen LogP contribution < -0.4 is 5.32 Å². The summed E-state index contributed by atoms with van der Waals surface area (Å²) in [5, 5.41) is 3.37. The third-order valence-electron chi connectivity index (χ3n) is 2.73. The van der Waals surface area contributed by atoms with Gasteiger partial charge in [-0.2, -0.15) is 0 Å². The van der Waals surface area contributed by atoms with Gasteiger partial charge in [-0.3, -0.25) is 4.90 Å². The molecule has 1 heterocycles. The monoisotopic (exact) mass is 206 g/mol. The molecular formula is C10H20F2N2. The Labute approximate surface area is 84.7 Å². The van der Waals surface area contributed by atoms with Crippen LogP contribution in [0.15, 0.2) is 0 Å². The number of likely N-dealkylation sites (N-methyl/N-ethyl adjacent to an activating group) is 1. The van der Waals surface area contributed by atoms with Crippen molar-refractivity contribution in [1.29, 1.82) is 0 Å². The second-order valence-corrected chi connectivity index (χ2v) is 3.89. The Bertz CT molecular complexity index is 147. The lowest BCUT2D eigenvalue weighted by Crippen LogP contribution is -2.44. The van der Waals surface area contributed by atoms with Crippen molar-refractivity contribution >= 4 is 0 Å². The molecule has 1 unspecified atom stereocenters. The summed E-state index contributed by atoms with van der Waals surface area (Å²) in [5.74, 6) is 0. The Morgan fingerprint density at radius 2 is 2.21 bits per heavy atom. The van der Waals surface area contributed by atoms with E-state index in [-0.39, 0.29) is 6.54 Å². The second-order valence-electron chi connectivity index (χ2n) is 3.89. The molecule has 0 bridgehead atoms. The van der Waals surface area contributed by atoms with Gasteiger partial charge in [0, 0.05) is 12.6 Å². The third-order valence-corrected chi connectivity index (χ3v) is 2.73. The maximum atomic E-state index is 12.2. The number of nitrogens with zero attached hydrogens (tertiary/aromatic N) is 1. The van der Waals surface area contributed by atoms with Gasteiger partial charge in [-0.05, 0) is 25.9 Å². The van der Waals surface area contributed by atoms with Gasteiger partial charge in [-0.25, -0.2) is 8.78 Å². The summed E-state index contributed by atoms with van der Waals surface area (Å²) in [6.45, 7) is 4.36. The maximum Gasteiger partial charge on any atom is 0.251 e. The van der Waals surface area contributed by atoms with Gasteiger partial charge in [0.15, 0.2) is 0 Å². The number of hydrogen-bond donors (Lipinski definition) is 1. The highest BCUT2D eigenvalue weighted by Crippen LogP contribution is 2.09. The van der Waals surface area contributed by atoms with Crippen molar-refractivity contribution in [3.63, 3.8) is 0 Å². The van der Waals surface area contributed by atoms with Crippen molar-refractivity contribution in [2.45, 2.75) is 38.7 Å². The van der Waals surface area contributed by atoms with Crippen LogP contribution in [0, 0.1) is 0 Å². The first-order valence-corrected chi connectivity index (χ1v) is 5.46. The predicted octanol–water partition coefficient (Wildman–Crippen LogP) is 1.72. The lowest BCUT2D eigenvalue weighted by Gasteiger charge is -2.29. The van der Waals surface area contributed by atoms with E-state index < -0.39 is 6.43 Å². The molecule has 0 saturated carbocycles. The Morgan fingerprint density at radius 3 is 2.71 bits per heavy atom. The summed E-state index contributed by atoms with van der Waals surface area (Å²) in [4.78, 5) is 1.83. The topological polar surface area (TPSA) is 15.3 Å². The highest BCUT2D eigenvalue weighted by Gasteiger charge is 2.17. The Hall–Kier alpha value is -0.220. The number of alkyl halides is 2. The van der Waals surface area contributed by atoms with Crippen molar-refractivity contribution in [3.8, 4) is 0 Å². The van der Waals surface area contributed by atoms with Crippen LogP contribution in [0.2, 0.25) is 0 Å². The molecule has 84 valence electrons. The molecular weight excluding hydrogens is 186 g/mol. The summed E-state index contributed by atoms with van der Waals surface area (Å²) in [6, 6.07) is 0.419. The third kappa shape index (κ3) is 4.33. The van der Waals surface area contributed by atoms with Gasteiger partial charge >= 0.3 is 0 Å². The van der Waals surface area contributed by atoms with Crippen LogP contribution in [-0.4, -0.2) is 43.5 Å². The quantitative estimate of drug-likeness (QED) is 0.736. The van der Waals surface area contributed by atoms with Crippen molar-refractivity contribution < 1.29 is 8.78 Å².